The number of nitrogens with zero attached hydrogens (tertiary/aromatic N) is 2. The van der Waals surface area contributed by atoms with Crippen molar-refractivity contribution in [2.24, 2.45) is 11.6 Å². The molecular formula is C10H15F3N6O. The van der Waals surface area contributed by atoms with Crippen molar-refractivity contribution in [2.75, 3.05) is 10.7 Å². The molecule has 0 spiro atoms. The summed E-state index contributed by atoms with van der Waals surface area (Å²) in [4.78, 5) is 17.5. The quantitative estimate of drug-likeness (QED) is 0.472. The SMILES string of the molecule is CC(C)(CC(N)=O)Nc1cc(NN)nc(C(F)(F)F)n1. The molecule has 1 aromatic heterocycles. The van der Waals surface area contributed by atoms with Crippen molar-refractivity contribution in [3.05, 3.63) is 11.9 Å². The highest BCUT2D eigenvalue weighted by Gasteiger charge is 2.36. The minimum atomic E-state index is -4.71. The van der Waals surface area contributed by atoms with Crippen LogP contribution in [0.5, 0.6) is 0 Å². The first-order chi connectivity index (χ1) is 9.03. The molecule has 1 heterocycles. The van der Waals surface area contributed by atoms with E-state index in [0.717, 1.165) is 0 Å². The first kappa shape index (κ1) is 16.0. The average molecular weight is 292 g/mol. The van der Waals surface area contributed by atoms with Gasteiger partial charge in [0.2, 0.25) is 11.7 Å². The van der Waals surface area contributed by atoms with Gasteiger partial charge in [-0.3, -0.25) is 4.79 Å². The summed E-state index contributed by atoms with van der Waals surface area (Å²) in [6.07, 6.45) is -4.79. The Bertz CT molecular complexity index is 502. The van der Waals surface area contributed by atoms with Crippen LogP contribution in [0.1, 0.15) is 26.1 Å². The first-order valence-corrected chi connectivity index (χ1v) is 5.53. The number of hydrogen-bond donors (Lipinski definition) is 4. The van der Waals surface area contributed by atoms with E-state index in [1.165, 1.54) is 6.07 Å². The summed E-state index contributed by atoms with van der Waals surface area (Å²) in [7, 11) is 0. The molecule has 20 heavy (non-hydrogen) atoms. The van der Waals surface area contributed by atoms with E-state index in [1.807, 2.05) is 5.43 Å². The predicted octanol–water partition coefficient (Wildman–Crippen LogP) is 0.847. The fraction of sp³-hybridized carbons (Fsp3) is 0.500. The first-order valence-electron chi connectivity index (χ1n) is 5.53. The Balaban J connectivity index is 3.09. The van der Waals surface area contributed by atoms with Gasteiger partial charge in [-0.05, 0) is 13.8 Å². The number of nitrogens with two attached hydrogens (primary N) is 2. The summed E-state index contributed by atoms with van der Waals surface area (Å²) in [6, 6.07) is 1.19. The normalized spacial score (nSPS) is 12.1. The lowest BCUT2D eigenvalue weighted by Gasteiger charge is -2.25. The summed E-state index contributed by atoms with van der Waals surface area (Å²) in [5.74, 6) is 2.81. The number of carbonyl (C=O) groups is 1. The maximum Gasteiger partial charge on any atom is 0.451 e. The minimum Gasteiger partial charge on any atom is -0.370 e. The Labute approximate surface area is 112 Å². The van der Waals surface area contributed by atoms with E-state index < -0.39 is 23.4 Å². The Hall–Kier alpha value is -2.10. The van der Waals surface area contributed by atoms with E-state index in [9.17, 15) is 18.0 Å². The zero-order chi connectivity index (χ0) is 15.6. The van der Waals surface area contributed by atoms with Gasteiger partial charge in [-0.1, -0.05) is 0 Å². The van der Waals surface area contributed by atoms with Crippen LogP contribution in [-0.4, -0.2) is 21.4 Å². The zero-order valence-electron chi connectivity index (χ0n) is 10.9. The van der Waals surface area contributed by atoms with E-state index in [4.69, 9.17) is 11.6 Å². The van der Waals surface area contributed by atoms with Crippen LogP contribution in [0.2, 0.25) is 0 Å². The molecule has 112 valence electrons. The second-order valence-electron chi connectivity index (χ2n) is 4.76. The van der Waals surface area contributed by atoms with E-state index in [2.05, 4.69) is 15.3 Å². The number of alkyl halides is 3. The number of primary amides is 1. The predicted molar refractivity (Wildman–Crippen MR) is 66.4 cm³/mol. The molecule has 0 aliphatic rings. The van der Waals surface area contributed by atoms with Crippen molar-refractivity contribution in [3.8, 4) is 0 Å². The van der Waals surface area contributed by atoms with Crippen LogP contribution < -0.4 is 22.3 Å². The number of hydrogen-bond acceptors (Lipinski definition) is 6. The number of rotatable bonds is 5. The number of amides is 1. The molecule has 0 saturated heterocycles. The molecule has 7 nitrogen and oxygen atoms in total. The molecule has 0 unspecified atom stereocenters. The highest BCUT2D eigenvalue weighted by Crippen LogP contribution is 2.29. The molecule has 0 fully saturated rings. The van der Waals surface area contributed by atoms with Gasteiger partial charge in [-0.25, -0.2) is 15.8 Å². The zero-order valence-corrected chi connectivity index (χ0v) is 10.9. The standard InChI is InChI=1S/C10H15F3N6O/c1-9(2,4-5(14)20)18-6-3-7(19-15)17-8(16-6)10(11,12)13/h3H,4,15H2,1-2H3,(H2,14,20)(H2,16,17,18,19). The van der Waals surface area contributed by atoms with Crippen molar-refractivity contribution in [1.29, 1.82) is 0 Å². The second kappa shape index (κ2) is 5.49. The lowest BCUT2D eigenvalue weighted by atomic mass is 10.0. The average Bonchev–Trinajstić information content (AvgIpc) is 2.24. The molecular weight excluding hydrogens is 277 g/mol. The summed E-state index contributed by atoms with van der Waals surface area (Å²) < 4.78 is 37.9. The number of nitrogen functional groups attached to an aromatic ring is 1. The third-order valence-corrected chi connectivity index (χ3v) is 2.21. The van der Waals surface area contributed by atoms with Gasteiger partial charge in [0.15, 0.2) is 0 Å². The van der Waals surface area contributed by atoms with Gasteiger partial charge in [0.1, 0.15) is 11.6 Å². The van der Waals surface area contributed by atoms with Gasteiger partial charge >= 0.3 is 6.18 Å². The van der Waals surface area contributed by atoms with Crippen molar-refractivity contribution in [2.45, 2.75) is 32.0 Å². The van der Waals surface area contributed by atoms with Gasteiger partial charge < -0.3 is 16.5 Å². The smallest absolute Gasteiger partial charge is 0.370 e. The van der Waals surface area contributed by atoms with E-state index in [-0.39, 0.29) is 18.1 Å². The molecule has 0 aliphatic heterocycles. The molecule has 0 radical (unpaired) electrons. The van der Waals surface area contributed by atoms with Gasteiger partial charge in [-0.15, -0.1) is 0 Å². The van der Waals surface area contributed by atoms with Gasteiger partial charge in [0, 0.05) is 18.0 Å². The molecule has 0 saturated carbocycles. The van der Waals surface area contributed by atoms with Crippen LogP contribution >= 0.6 is 0 Å². The highest BCUT2D eigenvalue weighted by molar-refractivity contribution is 5.75. The summed E-state index contributed by atoms with van der Waals surface area (Å²) in [5, 5.41) is 2.69. The van der Waals surface area contributed by atoms with Crippen LogP contribution in [0, 0.1) is 0 Å². The van der Waals surface area contributed by atoms with Crippen molar-refractivity contribution in [3.63, 3.8) is 0 Å². The van der Waals surface area contributed by atoms with Crippen LogP contribution in [-0.2, 0) is 11.0 Å². The summed E-state index contributed by atoms with van der Waals surface area (Å²) in [6.45, 7) is 3.20. The van der Waals surface area contributed by atoms with Crippen molar-refractivity contribution in [1.82, 2.24) is 9.97 Å². The molecule has 0 bridgehead atoms. The second-order valence-corrected chi connectivity index (χ2v) is 4.76. The Morgan fingerprint density at radius 1 is 1.30 bits per heavy atom. The van der Waals surface area contributed by atoms with Crippen LogP contribution in [0.4, 0.5) is 24.8 Å². The highest BCUT2D eigenvalue weighted by atomic mass is 19.4. The summed E-state index contributed by atoms with van der Waals surface area (Å²) >= 11 is 0. The molecule has 1 rings (SSSR count). The molecule has 1 aromatic rings. The van der Waals surface area contributed by atoms with E-state index in [1.54, 1.807) is 13.8 Å². The number of halogens is 3. The molecule has 0 aliphatic carbocycles. The third-order valence-electron chi connectivity index (χ3n) is 2.21. The Morgan fingerprint density at radius 3 is 2.30 bits per heavy atom. The minimum absolute atomic E-state index is 0.0796. The third kappa shape index (κ3) is 4.53. The monoisotopic (exact) mass is 292 g/mol. The van der Waals surface area contributed by atoms with Crippen molar-refractivity contribution >= 4 is 17.5 Å². The number of hydrazine groups is 1. The van der Waals surface area contributed by atoms with E-state index in [0.29, 0.717) is 0 Å². The fourth-order valence-electron chi connectivity index (χ4n) is 1.54. The molecule has 0 aromatic carbocycles. The Kier molecular flexibility index (Phi) is 4.38. The lowest BCUT2D eigenvalue weighted by molar-refractivity contribution is -0.144. The van der Waals surface area contributed by atoms with Crippen LogP contribution in [0.15, 0.2) is 6.07 Å². The van der Waals surface area contributed by atoms with E-state index >= 15 is 0 Å². The number of aromatic nitrogens is 2. The maximum absolute atomic E-state index is 12.6. The lowest BCUT2D eigenvalue weighted by Crippen LogP contribution is -2.36. The molecule has 6 N–H and O–H groups in total. The van der Waals surface area contributed by atoms with Crippen LogP contribution in [0.25, 0.3) is 0 Å². The summed E-state index contributed by atoms with van der Waals surface area (Å²) in [5.41, 5.74) is 6.22. The Morgan fingerprint density at radius 2 is 1.85 bits per heavy atom. The maximum atomic E-state index is 12.6. The topological polar surface area (TPSA) is 119 Å². The van der Waals surface area contributed by atoms with Crippen LogP contribution in [0.3, 0.4) is 0 Å². The van der Waals surface area contributed by atoms with Gasteiger partial charge in [0.05, 0.1) is 0 Å². The number of nitrogens with one attached hydrogen (secondary N) is 2. The molecule has 10 heteroatoms. The molecule has 1 amide bonds. The number of anilines is 2. The molecule has 0 atom stereocenters. The largest absolute Gasteiger partial charge is 0.451 e. The van der Waals surface area contributed by atoms with Gasteiger partial charge in [-0.2, -0.15) is 13.2 Å². The fourth-order valence-corrected chi connectivity index (χ4v) is 1.54. The number of carbonyl (C=O) groups excluding carboxylic acids is 1. The van der Waals surface area contributed by atoms with Gasteiger partial charge in [0.25, 0.3) is 0 Å². The van der Waals surface area contributed by atoms with Crippen molar-refractivity contribution < 1.29 is 18.0 Å².